The van der Waals surface area contributed by atoms with Gasteiger partial charge in [0.2, 0.25) is 0 Å². The number of carboxylic acid groups (broad SMARTS) is 1. The molecule has 1 atom stereocenters. The second kappa shape index (κ2) is 8.31. The minimum Gasteiger partial charge on any atom is -0.479 e. The largest absolute Gasteiger partial charge is 0.479 e. The number of rotatable bonds is 7. The maximum absolute atomic E-state index is 11.7. The highest BCUT2D eigenvalue weighted by Crippen LogP contribution is 2.00. The van der Waals surface area contributed by atoms with Crippen molar-refractivity contribution in [2.75, 3.05) is 19.6 Å². The van der Waals surface area contributed by atoms with E-state index in [2.05, 4.69) is 5.32 Å². The Morgan fingerprint density at radius 1 is 1.44 bits per heavy atom. The van der Waals surface area contributed by atoms with Gasteiger partial charge < -0.3 is 20.4 Å². The number of amides is 2. The number of hydrogen-bond acceptors (Lipinski definition) is 4. The summed E-state index contributed by atoms with van der Waals surface area (Å²) in [5.74, 6) is -1.15. The first kappa shape index (κ1) is 16.2. The van der Waals surface area contributed by atoms with Crippen molar-refractivity contribution in [3.8, 4) is 6.07 Å². The van der Waals surface area contributed by atoms with Crippen molar-refractivity contribution in [3.05, 3.63) is 0 Å². The third-order valence-corrected chi connectivity index (χ3v) is 2.10. The summed E-state index contributed by atoms with van der Waals surface area (Å²) in [6, 6.07) is 1.47. The minimum absolute atomic E-state index is 0.210. The summed E-state index contributed by atoms with van der Waals surface area (Å²) >= 11 is 0. The Bertz CT molecular complexity index is 325. The van der Waals surface area contributed by atoms with Crippen molar-refractivity contribution in [2.24, 2.45) is 5.92 Å². The molecule has 0 saturated heterocycles. The lowest BCUT2D eigenvalue weighted by atomic mass is 10.2. The average molecular weight is 257 g/mol. The smallest absolute Gasteiger partial charge is 0.334 e. The summed E-state index contributed by atoms with van der Waals surface area (Å²) in [4.78, 5) is 23.5. The van der Waals surface area contributed by atoms with E-state index in [1.165, 1.54) is 4.90 Å². The van der Waals surface area contributed by atoms with Crippen LogP contribution >= 0.6 is 0 Å². The number of aliphatic carboxylic acids is 1. The molecule has 0 radical (unpaired) electrons. The second-order valence-electron chi connectivity index (χ2n) is 4.29. The van der Waals surface area contributed by atoms with Crippen molar-refractivity contribution in [2.45, 2.75) is 26.4 Å². The Balaban J connectivity index is 4.28. The highest BCUT2D eigenvalue weighted by Gasteiger charge is 2.18. The second-order valence-corrected chi connectivity index (χ2v) is 4.29. The van der Waals surface area contributed by atoms with E-state index in [1.54, 1.807) is 0 Å². The van der Waals surface area contributed by atoms with Crippen molar-refractivity contribution >= 4 is 12.0 Å². The SMILES string of the molecule is CC(C)CN(CCC#N)C(=O)NCC(O)C(=O)O. The summed E-state index contributed by atoms with van der Waals surface area (Å²) in [5.41, 5.74) is 0. The van der Waals surface area contributed by atoms with Gasteiger partial charge >= 0.3 is 12.0 Å². The molecule has 0 bridgehead atoms. The van der Waals surface area contributed by atoms with Crippen LogP contribution in [0.5, 0.6) is 0 Å². The zero-order valence-electron chi connectivity index (χ0n) is 10.6. The lowest BCUT2D eigenvalue weighted by Gasteiger charge is -2.24. The van der Waals surface area contributed by atoms with E-state index in [4.69, 9.17) is 15.5 Å². The van der Waals surface area contributed by atoms with Crippen LogP contribution in [0.25, 0.3) is 0 Å². The van der Waals surface area contributed by atoms with E-state index in [0.29, 0.717) is 6.54 Å². The summed E-state index contributed by atoms with van der Waals surface area (Å²) in [6.45, 7) is 4.26. The van der Waals surface area contributed by atoms with E-state index in [-0.39, 0.29) is 25.4 Å². The molecule has 0 saturated carbocycles. The summed E-state index contributed by atoms with van der Waals surface area (Å²) in [6.07, 6.45) is -1.41. The van der Waals surface area contributed by atoms with Gasteiger partial charge in [0, 0.05) is 13.1 Å². The van der Waals surface area contributed by atoms with Crippen LogP contribution in [0, 0.1) is 17.2 Å². The van der Waals surface area contributed by atoms with E-state index < -0.39 is 18.1 Å². The molecule has 3 N–H and O–H groups in total. The Kier molecular flexibility index (Phi) is 7.47. The Morgan fingerprint density at radius 2 is 2.06 bits per heavy atom. The van der Waals surface area contributed by atoms with Crippen LogP contribution in [0.3, 0.4) is 0 Å². The van der Waals surface area contributed by atoms with Crippen LogP contribution in [-0.2, 0) is 4.79 Å². The average Bonchev–Trinajstić information content (AvgIpc) is 2.30. The molecule has 7 heteroatoms. The molecule has 0 aromatic rings. The van der Waals surface area contributed by atoms with Crippen molar-refractivity contribution in [1.82, 2.24) is 10.2 Å². The fourth-order valence-electron chi connectivity index (χ4n) is 1.28. The molecule has 7 nitrogen and oxygen atoms in total. The Hall–Kier alpha value is -1.81. The molecule has 0 aliphatic rings. The fraction of sp³-hybridized carbons (Fsp3) is 0.727. The normalized spacial score (nSPS) is 11.7. The first-order chi connectivity index (χ1) is 8.38. The van der Waals surface area contributed by atoms with E-state index >= 15 is 0 Å². The minimum atomic E-state index is -1.62. The molecular formula is C11H19N3O4. The van der Waals surface area contributed by atoms with Crippen LogP contribution in [-0.4, -0.2) is 52.9 Å². The highest BCUT2D eigenvalue weighted by atomic mass is 16.4. The fourth-order valence-corrected chi connectivity index (χ4v) is 1.28. The maximum atomic E-state index is 11.7. The molecule has 0 spiro atoms. The predicted octanol–water partition coefficient (Wildman–Crippen LogP) is 0.0132. The topological polar surface area (TPSA) is 114 Å². The van der Waals surface area contributed by atoms with Crippen LogP contribution < -0.4 is 5.32 Å². The molecular weight excluding hydrogens is 238 g/mol. The van der Waals surface area contributed by atoms with Gasteiger partial charge in [-0.3, -0.25) is 0 Å². The first-order valence-electron chi connectivity index (χ1n) is 5.69. The van der Waals surface area contributed by atoms with Gasteiger partial charge in [-0.15, -0.1) is 0 Å². The molecule has 0 fully saturated rings. The number of nitrogens with one attached hydrogen (secondary N) is 1. The Morgan fingerprint density at radius 3 is 2.50 bits per heavy atom. The van der Waals surface area contributed by atoms with Gasteiger partial charge in [0.15, 0.2) is 6.10 Å². The lowest BCUT2D eigenvalue weighted by Crippen LogP contribution is -2.46. The zero-order chi connectivity index (χ0) is 14.1. The number of hydrogen-bond donors (Lipinski definition) is 3. The van der Waals surface area contributed by atoms with Crippen molar-refractivity contribution < 1.29 is 19.8 Å². The quantitative estimate of drug-likeness (QED) is 0.594. The molecule has 0 heterocycles. The van der Waals surface area contributed by atoms with Crippen LogP contribution in [0.1, 0.15) is 20.3 Å². The monoisotopic (exact) mass is 257 g/mol. The molecule has 2 amide bonds. The van der Waals surface area contributed by atoms with Gasteiger partial charge in [-0.05, 0) is 5.92 Å². The van der Waals surface area contributed by atoms with Crippen LogP contribution in [0.15, 0.2) is 0 Å². The lowest BCUT2D eigenvalue weighted by molar-refractivity contribution is -0.146. The van der Waals surface area contributed by atoms with Crippen molar-refractivity contribution in [3.63, 3.8) is 0 Å². The third-order valence-electron chi connectivity index (χ3n) is 2.10. The summed E-state index contributed by atoms with van der Waals surface area (Å²) in [5, 5.41) is 28.3. The maximum Gasteiger partial charge on any atom is 0.334 e. The molecule has 102 valence electrons. The third kappa shape index (κ3) is 6.70. The standard InChI is InChI=1S/C11H19N3O4/c1-8(2)7-14(5-3-4-12)11(18)13-6-9(15)10(16)17/h8-9,15H,3,5-7H2,1-2H3,(H,13,18)(H,16,17). The first-order valence-corrected chi connectivity index (χ1v) is 5.69. The predicted molar refractivity (Wildman–Crippen MR) is 63.7 cm³/mol. The van der Waals surface area contributed by atoms with E-state index in [9.17, 15) is 9.59 Å². The number of aliphatic hydroxyl groups excluding tert-OH is 1. The Labute approximate surface area is 106 Å². The summed E-state index contributed by atoms with van der Waals surface area (Å²) in [7, 11) is 0. The number of nitrogens with zero attached hydrogens (tertiary/aromatic N) is 2. The van der Waals surface area contributed by atoms with Crippen LogP contribution in [0.2, 0.25) is 0 Å². The number of nitriles is 1. The highest BCUT2D eigenvalue weighted by molar-refractivity contribution is 5.76. The van der Waals surface area contributed by atoms with E-state index in [0.717, 1.165) is 0 Å². The van der Waals surface area contributed by atoms with Gasteiger partial charge in [-0.1, -0.05) is 13.8 Å². The molecule has 0 aromatic carbocycles. The van der Waals surface area contributed by atoms with Gasteiger partial charge in [-0.25, -0.2) is 9.59 Å². The number of urea groups is 1. The number of aliphatic hydroxyl groups is 1. The number of carboxylic acids is 1. The van der Waals surface area contributed by atoms with Gasteiger partial charge in [0.25, 0.3) is 0 Å². The number of carbonyl (C=O) groups is 2. The molecule has 0 aliphatic heterocycles. The van der Waals surface area contributed by atoms with Gasteiger partial charge in [-0.2, -0.15) is 5.26 Å². The zero-order valence-corrected chi connectivity index (χ0v) is 10.6. The van der Waals surface area contributed by atoms with Crippen LogP contribution in [0.4, 0.5) is 4.79 Å². The van der Waals surface area contributed by atoms with E-state index in [1.807, 2.05) is 19.9 Å². The molecule has 1 unspecified atom stereocenters. The molecule has 0 aromatic heterocycles. The van der Waals surface area contributed by atoms with Gasteiger partial charge in [0.05, 0.1) is 19.0 Å². The molecule has 0 rings (SSSR count). The molecule has 0 aliphatic carbocycles. The van der Waals surface area contributed by atoms with Gasteiger partial charge in [0.1, 0.15) is 0 Å². The summed E-state index contributed by atoms with van der Waals surface area (Å²) < 4.78 is 0. The number of carbonyl (C=O) groups excluding carboxylic acids is 1. The van der Waals surface area contributed by atoms with Crippen molar-refractivity contribution in [1.29, 1.82) is 5.26 Å². The molecule has 18 heavy (non-hydrogen) atoms.